The Labute approximate surface area is 117 Å². The van der Waals surface area contributed by atoms with Crippen LogP contribution in [-0.2, 0) is 19.8 Å². The number of alkyl halides is 3. The van der Waals surface area contributed by atoms with Crippen molar-refractivity contribution in [1.29, 1.82) is 0 Å². The monoisotopic (exact) mass is 300 g/mol. The van der Waals surface area contributed by atoms with Crippen molar-refractivity contribution in [2.24, 2.45) is 7.05 Å². The van der Waals surface area contributed by atoms with Crippen molar-refractivity contribution in [3.63, 3.8) is 0 Å². The molecule has 0 saturated heterocycles. The molecule has 0 fully saturated rings. The summed E-state index contributed by atoms with van der Waals surface area (Å²) in [5.74, 6) is 0. The fourth-order valence-electron chi connectivity index (χ4n) is 1.80. The molecule has 0 unspecified atom stereocenters. The molecule has 1 N–H and O–H groups in total. The Morgan fingerprint density at radius 3 is 2.62 bits per heavy atom. The van der Waals surface area contributed by atoms with Gasteiger partial charge in [-0.15, -0.1) is 0 Å². The summed E-state index contributed by atoms with van der Waals surface area (Å²) in [5.41, 5.74) is -1.33. The number of hydrogen-bond donors (Lipinski definition) is 1. The zero-order valence-corrected chi connectivity index (χ0v) is 10.9. The number of rotatable bonds is 4. The third kappa shape index (κ3) is 3.30. The molecule has 0 radical (unpaired) electrons. The molecule has 6 nitrogen and oxygen atoms in total. The first-order valence-electron chi connectivity index (χ1n) is 5.85. The first-order chi connectivity index (χ1) is 9.79. The number of aryl methyl sites for hydroxylation is 1. The van der Waals surface area contributed by atoms with E-state index in [0.717, 1.165) is 17.8 Å². The van der Waals surface area contributed by atoms with Crippen LogP contribution in [0, 0.1) is 10.1 Å². The molecule has 0 aliphatic carbocycles. The Hall–Kier alpha value is -2.58. The molecule has 21 heavy (non-hydrogen) atoms. The molecule has 1 aromatic carbocycles. The molecule has 0 aliphatic rings. The van der Waals surface area contributed by atoms with Crippen molar-refractivity contribution in [3.05, 3.63) is 51.8 Å². The predicted molar refractivity (Wildman–Crippen MR) is 68.6 cm³/mol. The van der Waals surface area contributed by atoms with E-state index in [0.29, 0.717) is 0 Å². The van der Waals surface area contributed by atoms with E-state index in [1.807, 2.05) is 0 Å². The lowest BCUT2D eigenvalue weighted by Gasteiger charge is -2.11. The first kappa shape index (κ1) is 14.8. The van der Waals surface area contributed by atoms with Gasteiger partial charge < -0.3 is 5.32 Å². The van der Waals surface area contributed by atoms with Crippen LogP contribution in [0.3, 0.4) is 0 Å². The number of nitro groups is 1. The zero-order chi connectivity index (χ0) is 15.6. The first-order valence-corrected chi connectivity index (χ1v) is 5.85. The Morgan fingerprint density at radius 2 is 2.10 bits per heavy atom. The summed E-state index contributed by atoms with van der Waals surface area (Å²) >= 11 is 0. The SMILES string of the molecule is Cn1nccc1CNc1ccc([N+](=O)[O-])c(C(F)(F)F)c1. The average molecular weight is 300 g/mol. The molecule has 0 saturated carbocycles. The van der Waals surface area contributed by atoms with Gasteiger partial charge in [0.15, 0.2) is 0 Å². The standard InChI is InChI=1S/C12H11F3N4O2/c1-18-9(4-5-17-18)7-16-8-2-3-11(19(20)21)10(6-8)12(13,14)15/h2-6,16H,7H2,1H3. The molecule has 112 valence electrons. The highest BCUT2D eigenvalue weighted by Gasteiger charge is 2.38. The lowest BCUT2D eigenvalue weighted by molar-refractivity contribution is -0.388. The van der Waals surface area contributed by atoms with Crippen LogP contribution < -0.4 is 5.32 Å². The molecule has 2 rings (SSSR count). The van der Waals surface area contributed by atoms with Gasteiger partial charge in [0.25, 0.3) is 5.69 Å². The highest BCUT2D eigenvalue weighted by Crippen LogP contribution is 2.37. The number of nitro benzene ring substituents is 1. The van der Waals surface area contributed by atoms with Crippen LogP contribution >= 0.6 is 0 Å². The molecular weight excluding hydrogens is 289 g/mol. The minimum atomic E-state index is -4.79. The van der Waals surface area contributed by atoms with E-state index in [4.69, 9.17) is 0 Å². The maximum Gasteiger partial charge on any atom is 0.423 e. The van der Waals surface area contributed by atoms with Crippen LogP contribution in [0.4, 0.5) is 24.5 Å². The second-order valence-corrected chi connectivity index (χ2v) is 4.29. The van der Waals surface area contributed by atoms with Crippen LogP contribution in [0.15, 0.2) is 30.5 Å². The van der Waals surface area contributed by atoms with Crippen LogP contribution in [0.5, 0.6) is 0 Å². The van der Waals surface area contributed by atoms with E-state index in [1.54, 1.807) is 24.0 Å². The normalized spacial score (nSPS) is 11.4. The van der Waals surface area contributed by atoms with Gasteiger partial charge >= 0.3 is 6.18 Å². The molecule has 2 aromatic rings. The smallest absolute Gasteiger partial charge is 0.379 e. The molecule has 0 aliphatic heterocycles. The number of benzene rings is 1. The maximum absolute atomic E-state index is 12.8. The molecule has 0 bridgehead atoms. The fraction of sp³-hybridized carbons (Fsp3) is 0.250. The van der Waals surface area contributed by atoms with E-state index in [1.165, 1.54) is 6.07 Å². The van der Waals surface area contributed by atoms with Gasteiger partial charge in [0.2, 0.25) is 0 Å². The van der Waals surface area contributed by atoms with Crippen LogP contribution in [-0.4, -0.2) is 14.7 Å². The fourth-order valence-corrected chi connectivity index (χ4v) is 1.80. The van der Waals surface area contributed by atoms with E-state index >= 15 is 0 Å². The lowest BCUT2D eigenvalue weighted by Crippen LogP contribution is -2.11. The largest absolute Gasteiger partial charge is 0.423 e. The summed E-state index contributed by atoms with van der Waals surface area (Å²) in [7, 11) is 1.70. The molecular formula is C12H11F3N4O2. The van der Waals surface area contributed by atoms with Crippen molar-refractivity contribution in [2.75, 3.05) is 5.32 Å². The van der Waals surface area contributed by atoms with Crippen molar-refractivity contribution in [2.45, 2.75) is 12.7 Å². The number of nitrogens with one attached hydrogen (secondary N) is 1. The molecule has 9 heteroatoms. The maximum atomic E-state index is 12.8. The lowest BCUT2D eigenvalue weighted by atomic mass is 10.1. The van der Waals surface area contributed by atoms with Gasteiger partial charge in [-0.25, -0.2) is 0 Å². The van der Waals surface area contributed by atoms with Gasteiger partial charge in [-0.2, -0.15) is 18.3 Å². The van der Waals surface area contributed by atoms with Gasteiger partial charge in [0.1, 0.15) is 5.56 Å². The van der Waals surface area contributed by atoms with Gasteiger partial charge in [-0.05, 0) is 18.2 Å². The number of aromatic nitrogens is 2. The van der Waals surface area contributed by atoms with Crippen LogP contribution in [0.2, 0.25) is 0 Å². The van der Waals surface area contributed by atoms with E-state index in [-0.39, 0.29) is 12.2 Å². The third-order valence-electron chi connectivity index (χ3n) is 2.89. The van der Waals surface area contributed by atoms with Crippen molar-refractivity contribution >= 4 is 11.4 Å². The quantitative estimate of drug-likeness (QED) is 0.696. The summed E-state index contributed by atoms with van der Waals surface area (Å²) in [6.07, 6.45) is -3.22. The zero-order valence-electron chi connectivity index (χ0n) is 10.9. The second kappa shape index (κ2) is 5.43. The van der Waals surface area contributed by atoms with E-state index < -0.39 is 22.4 Å². The Balaban J connectivity index is 2.26. The van der Waals surface area contributed by atoms with Crippen molar-refractivity contribution in [1.82, 2.24) is 9.78 Å². The van der Waals surface area contributed by atoms with Gasteiger partial charge in [0, 0.05) is 25.0 Å². The summed E-state index contributed by atoms with van der Waals surface area (Å²) in [5, 5.41) is 17.4. The minimum absolute atomic E-state index is 0.147. The van der Waals surface area contributed by atoms with Crippen LogP contribution in [0.1, 0.15) is 11.3 Å². The number of halogens is 3. The molecule has 1 aromatic heterocycles. The number of hydrogen-bond acceptors (Lipinski definition) is 4. The Kier molecular flexibility index (Phi) is 3.83. The Bertz CT molecular complexity index is 667. The molecule has 0 atom stereocenters. The third-order valence-corrected chi connectivity index (χ3v) is 2.89. The predicted octanol–water partition coefficient (Wildman–Crippen LogP) is 2.96. The summed E-state index contributed by atoms with van der Waals surface area (Å²) < 4.78 is 40.0. The molecule has 1 heterocycles. The summed E-state index contributed by atoms with van der Waals surface area (Å²) in [4.78, 5) is 9.59. The minimum Gasteiger partial charge on any atom is -0.379 e. The summed E-state index contributed by atoms with van der Waals surface area (Å²) in [6.45, 7) is 0.256. The highest BCUT2D eigenvalue weighted by molar-refractivity contribution is 5.55. The summed E-state index contributed by atoms with van der Waals surface area (Å²) in [6, 6.07) is 4.52. The highest BCUT2D eigenvalue weighted by atomic mass is 19.4. The Morgan fingerprint density at radius 1 is 1.38 bits per heavy atom. The topological polar surface area (TPSA) is 73.0 Å². The van der Waals surface area contributed by atoms with Gasteiger partial charge in [0.05, 0.1) is 17.2 Å². The average Bonchev–Trinajstić information content (AvgIpc) is 2.80. The van der Waals surface area contributed by atoms with E-state index in [2.05, 4.69) is 10.4 Å². The number of anilines is 1. The van der Waals surface area contributed by atoms with Crippen LogP contribution in [0.25, 0.3) is 0 Å². The molecule has 0 spiro atoms. The van der Waals surface area contributed by atoms with Crippen molar-refractivity contribution < 1.29 is 18.1 Å². The van der Waals surface area contributed by atoms with E-state index in [9.17, 15) is 23.3 Å². The van der Waals surface area contributed by atoms with Crippen molar-refractivity contribution in [3.8, 4) is 0 Å². The van der Waals surface area contributed by atoms with Gasteiger partial charge in [-0.1, -0.05) is 0 Å². The number of nitrogens with zero attached hydrogens (tertiary/aromatic N) is 3. The van der Waals surface area contributed by atoms with Gasteiger partial charge in [-0.3, -0.25) is 14.8 Å². The second-order valence-electron chi connectivity index (χ2n) is 4.29. The molecule has 0 amide bonds.